The highest BCUT2D eigenvalue weighted by molar-refractivity contribution is 7.92. The van der Waals surface area contributed by atoms with E-state index < -0.39 is 10.0 Å². The second-order valence-electron chi connectivity index (χ2n) is 6.24. The first-order valence-corrected chi connectivity index (χ1v) is 10.7. The Morgan fingerprint density at radius 3 is 2.69 bits per heavy atom. The van der Waals surface area contributed by atoms with Gasteiger partial charge in [-0.05, 0) is 49.7 Å². The molecule has 0 aliphatic rings. The van der Waals surface area contributed by atoms with Crippen LogP contribution in [0, 0.1) is 6.92 Å². The van der Waals surface area contributed by atoms with Crippen LogP contribution >= 0.6 is 11.6 Å². The maximum Gasteiger partial charge on any atom is 0.261 e. The Labute approximate surface area is 173 Å². The lowest BCUT2D eigenvalue weighted by atomic mass is 10.2. The van der Waals surface area contributed by atoms with Crippen molar-refractivity contribution in [3.63, 3.8) is 0 Å². The molecule has 2 aromatic carbocycles. The third kappa shape index (κ3) is 5.78. The van der Waals surface area contributed by atoms with E-state index in [9.17, 15) is 13.2 Å². The van der Waals surface area contributed by atoms with Gasteiger partial charge in [-0.15, -0.1) is 0 Å². The van der Waals surface area contributed by atoms with Crippen molar-refractivity contribution in [1.29, 1.82) is 0 Å². The number of amides is 1. The largest absolute Gasteiger partial charge is 0.352 e. The number of nitrogens with zero attached hydrogens (tertiary/aromatic N) is 2. The van der Waals surface area contributed by atoms with Crippen molar-refractivity contribution >= 4 is 33.2 Å². The van der Waals surface area contributed by atoms with Crippen molar-refractivity contribution in [3.05, 3.63) is 70.8 Å². The molecule has 152 valence electrons. The van der Waals surface area contributed by atoms with Gasteiger partial charge in [-0.1, -0.05) is 28.9 Å². The summed E-state index contributed by atoms with van der Waals surface area (Å²) >= 11 is 5.89. The SMILES string of the molecule is Cc1noc(CCCNC(=O)c2cccc(S(=O)(=O)Nc3cccc(Cl)c3)c2)n1. The smallest absolute Gasteiger partial charge is 0.261 e. The Balaban J connectivity index is 1.61. The minimum absolute atomic E-state index is 0.0218. The van der Waals surface area contributed by atoms with Crippen molar-refractivity contribution in [2.24, 2.45) is 0 Å². The summed E-state index contributed by atoms with van der Waals surface area (Å²) in [4.78, 5) is 16.4. The zero-order valence-corrected chi connectivity index (χ0v) is 17.1. The molecular weight excluding hydrogens is 416 g/mol. The molecule has 0 saturated carbocycles. The summed E-state index contributed by atoms with van der Waals surface area (Å²) in [6.07, 6.45) is 1.15. The Hall–Kier alpha value is -2.91. The van der Waals surface area contributed by atoms with E-state index in [1.54, 1.807) is 31.2 Å². The lowest BCUT2D eigenvalue weighted by Gasteiger charge is -2.10. The number of rotatable bonds is 8. The van der Waals surface area contributed by atoms with Gasteiger partial charge in [-0.2, -0.15) is 4.98 Å². The first-order chi connectivity index (χ1) is 13.8. The van der Waals surface area contributed by atoms with Crippen LogP contribution in [0.2, 0.25) is 5.02 Å². The topological polar surface area (TPSA) is 114 Å². The van der Waals surface area contributed by atoms with Crippen LogP contribution in [-0.2, 0) is 16.4 Å². The molecule has 3 aromatic rings. The van der Waals surface area contributed by atoms with Crippen LogP contribution in [0.4, 0.5) is 5.69 Å². The highest BCUT2D eigenvalue weighted by atomic mass is 35.5. The lowest BCUT2D eigenvalue weighted by Crippen LogP contribution is -2.25. The van der Waals surface area contributed by atoms with Gasteiger partial charge >= 0.3 is 0 Å². The van der Waals surface area contributed by atoms with Crippen LogP contribution in [0.25, 0.3) is 0 Å². The highest BCUT2D eigenvalue weighted by Gasteiger charge is 2.16. The maximum absolute atomic E-state index is 12.6. The molecule has 0 spiro atoms. The number of carbonyl (C=O) groups excluding carboxylic acids is 1. The fraction of sp³-hybridized carbons (Fsp3) is 0.211. The molecule has 1 heterocycles. The quantitative estimate of drug-likeness (QED) is 0.526. The fourth-order valence-electron chi connectivity index (χ4n) is 2.56. The molecule has 1 aromatic heterocycles. The third-order valence-corrected chi connectivity index (χ3v) is 5.52. The molecule has 0 aliphatic heterocycles. The summed E-state index contributed by atoms with van der Waals surface area (Å²) in [5.41, 5.74) is 0.580. The van der Waals surface area contributed by atoms with E-state index in [0.717, 1.165) is 0 Å². The van der Waals surface area contributed by atoms with E-state index in [2.05, 4.69) is 20.2 Å². The van der Waals surface area contributed by atoms with E-state index in [4.69, 9.17) is 16.1 Å². The number of sulfonamides is 1. The molecule has 0 fully saturated rings. The number of anilines is 1. The van der Waals surface area contributed by atoms with Gasteiger partial charge in [0.25, 0.3) is 15.9 Å². The number of benzene rings is 2. The number of halogens is 1. The first-order valence-electron chi connectivity index (χ1n) is 8.79. The van der Waals surface area contributed by atoms with Crippen LogP contribution in [0.15, 0.2) is 57.9 Å². The number of carbonyl (C=O) groups is 1. The minimum Gasteiger partial charge on any atom is -0.352 e. The number of aromatic nitrogens is 2. The molecule has 0 bridgehead atoms. The molecule has 0 atom stereocenters. The van der Waals surface area contributed by atoms with Crippen molar-refractivity contribution < 1.29 is 17.7 Å². The molecule has 0 unspecified atom stereocenters. The third-order valence-electron chi connectivity index (χ3n) is 3.91. The summed E-state index contributed by atoms with van der Waals surface area (Å²) in [6, 6.07) is 12.2. The molecule has 2 N–H and O–H groups in total. The average molecular weight is 435 g/mol. The Morgan fingerprint density at radius 1 is 1.17 bits per heavy atom. The Morgan fingerprint density at radius 2 is 1.97 bits per heavy atom. The summed E-state index contributed by atoms with van der Waals surface area (Å²) < 4.78 is 32.7. The summed E-state index contributed by atoms with van der Waals surface area (Å²) in [7, 11) is -3.86. The Bertz CT molecular complexity index is 1110. The van der Waals surface area contributed by atoms with Crippen molar-refractivity contribution in [2.45, 2.75) is 24.7 Å². The molecule has 0 saturated heterocycles. The molecule has 10 heteroatoms. The summed E-state index contributed by atoms with van der Waals surface area (Å²) in [5, 5.41) is 6.86. The number of nitrogens with one attached hydrogen (secondary N) is 2. The van der Waals surface area contributed by atoms with Gasteiger partial charge in [0.2, 0.25) is 5.89 Å². The van der Waals surface area contributed by atoms with Crippen molar-refractivity contribution in [3.8, 4) is 0 Å². The van der Waals surface area contributed by atoms with Crippen LogP contribution in [0.5, 0.6) is 0 Å². The van der Waals surface area contributed by atoms with Gasteiger partial charge < -0.3 is 9.84 Å². The standard InChI is InChI=1S/C19H19ClN4O4S/c1-13-22-18(28-23-13)9-4-10-21-19(25)14-5-2-8-17(11-14)29(26,27)24-16-7-3-6-15(20)12-16/h2-3,5-8,11-12,24H,4,9-10H2,1H3,(H,21,25). The van der Waals surface area contributed by atoms with E-state index in [1.165, 1.54) is 24.3 Å². The monoisotopic (exact) mass is 434 g/mol. The van der Waals surface area contributed by atoms with Gasteiger partial charge in [-0.3, -0.25) is 9.52 Å². The minimum atomic E-state index is -3.86. The number of hydrogen-bond acceptors (Lipinski definition) is 6. The lowest BCUT2D eigenvalue weighted by molar-refractivity contribution is 0.0952. The predicted molar refractivity (Wildman–Crippen MR) is 108 cm³/mol. The molecule has 3 rings (SSSR count). The van der Waals surface area contributed by atoms with Crippen LogP contribution in [0.3, 0.4) is 0 Å². The van der Waals surface area contributed by atoms with Crippen LogP contribution in [-0.4, -0.2) is 31.0 Å². The highest BCUT2D eigenvalue weighted by Crippen LogP contribution is 2.20. The van der Waals surface area contributed by atoms with Gasteiger partial charge in [0.1, 0.15) is 0 Å². The summed E-state index contributed by atoms with van der Waals surface area (Å²) in [6.45, 7) is 2.12. The van der Waals surface area contributed by atoms with E-state index >= 15 is 0 Å². The van der Waals surface area contributed by atoms with Gasteiger partial charge in [-0.25, -0.2) is 8.42 Å². The number of aryl methyl sites for hydroxylation is 2. The second-order valence-corrected chi connectivity index (χ2v) is 8.36. The van der Waals surface area contributed by atoms with Crippen molar-refractivity contribution in [1.82, 2.24) is 15.5 Å². The normalized spacial score (nSPS) is 11.2. The predicted octanol–water partition coefficient (Wildman–Crippen LogP) is 3.19. The van der Waals surface area contributed by atoms with E-state index in [-0.39, 0.29) is 16.4 Å². The maximum atomic E-state index is 12.6. The molecule has 1 amide bonds. The van der Waals surface area contributed by atoms with Gasteiger partial charge in [0.05, 0.1) is 10.6 Å². The zero-order valence-electron chi connectivity index (χ0n) is 15.6. The molecule has 0 radical (unpaired) electrons. The molecular formula is C19H19ClN4O4S. The average Bonchev–Trinajstić information content (AvgIpc) is 3.10. The van der Waals surface area contributed by atoms with Crippen molar-refractivity contribution in [2.75, 3.05) is 11.3 Å². The van der Waals surface area contributed by atoms with Crippen LogP contribution in [0.1, 0.15) is 28.5 Å². The number of hydrogen-bond donors (Lipinski definition) is 2. The molecule has 0 aliphatic carbocycles. The molecule has 29 heavy (non-hydrogen) atoms. The fourth-order valence-corrected chi connectivity index (χ4v) is 3.84. The van der Waals surface area contributed by atoms with Gasteiger partial charge in [0.15, 0.2) is 5.82 Å². The van der Waals surface area contributed by atoms with Gasteiger partial charge in [0, 0.05) is 23.6 Å². The summed E-state index contributed by atoms with van der Waals surface area (Å²) in [5.74, 6) is 0.705. The zero-order chi connectivity index (χ0) is 20.9. The molecule has 8 nitrogen and oxygen atoms in total. The van der Waals surface area contributed by atoms with E-state index in [1.807, 2.05) is 0 Å². The van der Waals surface area contributed by atoms with Crippen LogP contribution < -0.4 is 10.0 Å². The second kappa shape index (κ2) is 9.06. The van der Waals surface area contributed by atoms with E-state index in [0.29, 0.717) is 41.8 Å². The Kier molecular flexibility index (Phi) is 6.50. The first kappa shape index (κ1) is 20.8.